The van der Waals surface area contributed by atoms with Crippen molar-refractivity contribution in [2.24, 2.45) is 0 Å². The highest BCUT2D eigenvalue weighted by Gasteiger charge is 2.11. The van der Waals surface area contributed by atoms with Crippen LogP contribution in [-0.2, 0) is 0 Å². The van der Waals surface area contributed by atoms with Gasteiger partial charge in [0, 0.05) is 29.2 Å². The molecule has 3 rings (SSSR count). The predicted octanol–water partition coefficient (Wildman–Crippen LogP) is 4.45. The van der Waals surface area contributed by atoms with Gasteiger partial charge in [-0.15, -0.1) is 0 Å². The molecule has 28 heavy (non-hydrogen) atoms. The van der Waals surface area contributed by atoms with E-state index in [4.69, 9.17) is 21.1 Å². The molecule has 1 amide bonds. The topological polar surface area (TPSA) is 85.4 Å². The van der Waals surface area contributed by atoms with Gasteiger partial charge in [0.25, 0.3) is 5.91 Å². The first-order chi connectivity index (χ1) is 13.5. The van der Waals surface area contributed by atoms with E-state index >= 15 is 0 Å². The molecule has 0 saturated heterocycles. The third-order valence-electron chi connectivity index (χ3n) is 4.00. The number of amides is 1. The number of aromatic nitrogens is 2. The average molecular weight is 399 g/mol. The molecular formula is C20H19ClN4O3. The van der Waals surface area contributed by atoms with E-state index in [0.717, 1.165) is 5.56 Å². The van der Waals surface area contributed by atoms with Crippen molar-refractivity contribution in [1.82, 2.24) is 9.97 Å². The summed E-state index contributed by atoms with van der Waals surface area (Å²) in [6.07, 6.45) is 2.88. The van der Waals surface area contributed by atoms with Gasteiger partial charge in [0.2, 0.25) is 5.95 Å². The normalized spacial score (nSPS) is 10.3. The number of ether oxygens (including phenoxy) is 2. The molecule has 2 aromatic carbocycles. The summed E-state index contributed by atoms with van der Waals surface area (Å²) in [4.78, 5) is 20.8. The van der Waals surface area contributed by atoms with E-state index in [2.05, 4.69) is 20.6 Å². The Bertz CT molecular complexity index is 993. The van der Waals surface area contributed by atoms with Crippen LogP contribution in [0.5, 0.6) is 11.5 Å². The van der Waals surface area contributed by atoms with Crippen molar-refractivity contribution in [3.05, 3.63) is 64.9 Å². The number of aryl methyl sites for hydroxylation is 1. The Labute approximate surface area is 167 Å². The van der Waals surface area contributed by atoms with E-state index in [1.54, 1.807) is 44.6 Å². The highest BCUT2D eigenvalue weighted by atomic mass is 35.5. The molecule has 1 heterocycles. The van der Waals surface area contributed by atoms with E-state index < -0.39 is 0 Å². The van der Waals surface area contributed by atoms with Crippen molar-refractivity contribution in [1.29, 1.82) is 0 Å². The van der Waals surface area contributed by atoms with Crippen molar-refractivity contribution in [2.75, 3.05) is 24.9 Å². The number of methoxy groups -OCH3 is 2. The molecule has 7 nitrogen and oxygen atoms in total. The molecule has 0 aliphatic rings. The van der Waals surface area contributed by atoms with Crippen molar-refractivity contribution in [3.63, 3.8) is 0 Å². The zero-order valence-corrected chi connectivity index (χ0v) is 16.4. The molecule has 0 atom stereocenters. The Morgan fingerprint density at radius 2 is 1.79 bits per heavy atom. The third kappa shape index (κ3) is 4.50. The van der Waals surface area contributed by atoms with E-state index in [1.807, 2.05) is 13.0 Å². The summed E-state index contributed by atoms with van der Waals surface area (Å²) >= 11 is 6.08. The van der Waals surface area contributed by atoms with Gasteiger partial charge in [-0.05, 0) is 36.8 Å². The number of carbonyl (C=O) groups excluding carboxylic acids is 1. The van der Waals surface area contributed by atoms with Gasteiger partial charge < -0.3 is 20.1 Å². The lowest BCUT2D eigenvalue weighted by molar-refractivity contribution is 0.102. The van der Waals surface area contributed by atoms with E-state index in [1.165, 1.54) is 12.4 Å². The highest BCUT2D eigenvalue weighted by molar-refractivity contribution is 6.31. The van der Waals surface area contributed by atoms with Gasteiger partial charge in [-0.25, -0.2) is 9.97 Å². The maximum atomic E-state index is 12.4. The SMILES string of the molecule is COc1ccc(OC)c(Nc2ncc(C(=O)Nc3ccc(C)c(Cl)c3)cn2)c1. The second-order valence-corrected chi connectivity index (χ2v) is 6.31. The number of rotatable bonds is 6. The Hall–Kier alpha value is -3.32. The number of benzene rings is 2. The predicted molar refractivity (Wildman–Crippen MR) is 109 cm³/mol. The van der Waals surface area contributed by atoms with Crippen molar-refractivity contribution >= 4 is 34.8 Å². The quantitative estimate of drug-likeness (QED) is 0.638. The van der Waals surface area contributed by atoms with Crippen LogP contribution in [0.25, 0.3) is 0 Å². The summed E-state index contributed by atoms with van der Waals surface area (Å²) in [6.45, 7) is 1.89. The van der Waals surface area contributed by atoms with Gasteiger partial charge in [-0.2, -0.15) is 0 Å². The fourth-order valence-electron chi connectivity index (χ4n) is 2.42. The van der Waals surface area contributed by atoms with Crippen LogP contribution in [0.4, 0.5) is 17.3 Å². The maximum Gasteiger partial charge on any atom is 0.258 e. The van der Waals surface area contributed by atoms with Crippen LogP contribution >= 0.6 is 11.6 Å². The standard InChI is InChI=1S/C20H19ClN4O3/c1-12-4-5-14(8-16(12)21)24-19(26)13-10-22-20(23-11-13)25-17-9-15(27-2)6-7-18(17)28-3/h4-11H,1-3H3,(H,24,26)(H,22,23,25). The fourth-order valence-corrected chi connectivity index (χ4v) is 2.60. The molecule has 0 aliphatic heterocycles. The molecule has 8 heteroatoms. The van der Waals surface area contributed by atoms with Crippen molar-refractivity contribution in [2.45, 2.75) is 6.92 Å². The summed E-state index contributed by atoms with van der Waals surface area (Å²) in [6, 6.07) is 10.6. The van der Waals surface area contributed by atoms with Gasteiger partial charge in [-0.3, -0.25) is 4.79 Å². The summed E-state index contributed by atoms with van der Waals surface area (Å²) in [5.41, 5.74) is 2.50. The highest BCUT2D eigenvalue weighted by Crippen LogP contribution is 2.30. The van der Waals surface area contributed by atoms with Gasteiger partial charge in [0.1, 0.15) is 11.5 Å². The Morgan fingerprint density at radius 3 is 2.43 bits per heavy atom. The zero-order valence-electron chi connectivity index (χ0n) is 15.6. The lowest BCUT2D eigenvalue weighted by atomic mass is 10.2. The second kappa shape index (κ2) is 8.58. The average Bonchev–Trinajstić information content (AvgIpc) is 2.71. The Kier molecular flexibility index (Phi) is 5.96. The molecule has 2 N–H and O–H groups in total. The summed E-state index contributed by atoms with van der Waals surface area (Å²) < 4.78 is 10.5. The van der Waals surface area contributed by atoms with E-state index in [0.29, 0.717) is 39.4 Å². The fraction of sp³-hybridized carbons (Fsp3) is 0.150. The first kappa shape index (κ1) is 19.4. The first-order valence-corrected chi connectivity index (χ1v) is 8.76. The Morgan fingerprint density at radius 1 is 1.04 bits per heavy atom. The number of nitrogens with one attached hydrogen (secondary N) is 2. The van der Waals surface area contributed by atoms with Crippen LogP contribution in [0.2, 0.25) is 5.02 Å². The lowest BCUT2D eigenvalue weighted by Crippen LogP contribution is -2.13. The van der Waals surface area contributed by atoms with Crippen LogP contribution < -0.4 is 20.1 Å². The van der Waals surface area contributed by atoms with E-state index in [9.17, 15) is 4.79 Å². The molecule has 0 aliphatic carbocycles. The summed E-state index contributed by atoms with van der Waals surface area (Å²) in [5, 5.41) is 6.40. The molecular weight excluding hydrogens is 380 g/mol. The molecule has 0 saturated carbocycles. The third-order valence-corrected chi connectivity index (χ3v) is 4.40. The molecule has 0 bridgehead atoms. The van der Waals surface area contributed by atoms with Crippen LogP contribution in [0.15, 0.2) is 48.8 Å². The molecule has 1 aromatic heterocycles. The number of hydrogen-bond donors (Lipinski definition) is 2. The molecule has 0 spiro atoms. The molecule has 144 valence electrons. The minimum absolute atomic E-state index is 0.319. The number of anilines is 3. The van der Waals surface area contributed by atoms with Crippen LogP contribution in [0, 0.1) is 6.92 Å². The maximum absolute atomic E-state index is 12.4. The summed E-state index contributed by atoms with van der Waals surface area (Å²) in [5.74, 6) is 1.27. The largest absolute Gasteiger partial charge is 0.497 e. The molecule has 0 unspecified atom stereocenters. The summed E-state index contributed by atoms with van der Waals surface area (Å²) in [7, 11) is 3.15. The Balaban J connectivity index is 1.72. The second-order valence-electron chi connectivity index (χ2n) is 5.90. The number of halogens is 1. The smallest absolute Gasteiger partial charge is 0.258 e. The molecule has 0 radical (unpaired) electrons. The lowest BCUT2D eigenvalue weighted by Gasteiger charge is -2.12. The van der Waals surface area contributed by atoms with Crippen molar-refractivity contribution in [3.8, 4) is 11.5 Å². The van der Waals surface area contributed by atoms with Gasteiger partial charge in [0.15, 0.2) is 0 Å². The van der Waals surface area contributed by atoms with Gasteiger partial charge >= 0.3 is 0 Å². The minimum atomic E-state index is -0.328. The molecule has 3 aromatic rings. The van der Waals surface area contributed by atoms with Crippen LogP contribution in [-0.4, -0.2) is 30.1 Å². The monoisotopic (exact) mass is 398 g/mol. The van der Waals surface area contributed by atoms with Gasteiger partial charge in [-0.1, -0.05) is 17.7 Å². The van der Waals surface area contributed by atoms with E-state index in [-0.39, 0.29) is 5.91 Å². The van der Waals surface area contributed by atoms with Gasteiger partial charge in [0.05, 0.1) is 25.5 Å². The molecule has 0 fully saturated rings. The number of nitrogens with zero attached hydrogens (tertiary/aromatic N) is 2. The zero-order chi connectivity index (χ0) is 20.1. The first-order valence-electron chi connectivity index (χ1n) is 8.38. The van der Waals surface area contributed by atoms with Crippen LogP contribution in [0.3, 0.4) is 0 Å². The number of carbonyl (C=O) groups is 1. The van der Waals surface area contributed by atoms with Crippen LogP contribution in [0.1, 0.15) is 15.9 Å². The minimum Gasteiger partial charge on any atom is -0.497 e. The van der Waals surface area contributed by atoms with Crippen molar-refractivity contribution < 1.29 is 14.3 Å². The number of hydrogen-bond acceptors (Lipinski definition) is 6.